The smallest absolute Gasteiger partial charge is 0.252 e. The van der Waals surface area contributed by atoms with E-state index >= 15 is 0 Å². The van der Waals surface area contributed by atoms with E-state index in [4.69, 9.17) is 39.5 Å². The second-order valence-corrected chi connectivity index (χ2v) is 8.05. The van der Waals surface area contributed by atoms with E-state index in [1.54, 1.807) is 31.4 Å². The van der Waals surface area contributed by atoms with Crippen molar-refractivity contribution in [3.05, 3.63) is 29.8 Å². The Hall–Kier alpha value is -0.680. The third-order valence-corrected chi connectivity index (χ3v) is 4.62. The molecule has 1 saturated carbocycles. The van der Waals surface area contributed by atoms with Crippen molar-refractivity contribution in [3.63, 3.8) is 0 Å². The molecule has 0 aromatic heterocycles. The largest absolute Gasteiger partial charge is 0.497 e. The first-order chi connectivity index (χ1) is 10.9. The monoisotopic (exact) mass is 378 g/mol. The number of halogens is 3. The third-order valence-electron chi connectivity index (χ3n) is 3.96. The Morgan fingerprint density at radius 2 is 1.78 bits per heavy atom. The third kappa shape index (κ3) is 5.71. The molecule has 0 aliphatic heterocycles. The van der Waals surface area contributed by atoms with Gasteiger partial charge in [-0.25, -0.2) is 0 Å². The molecule has 1 aliphatic rings. The molecule has 1 fully saturated rings. The maximum absolute atomic E-state index is 12.4. The lowest BCUT2D eigenvalue weighted by atomic mass is 9.95. The minimum Gasteiger partial charge on any atom is -0.497 e. The van der Waals surface area contributed by atoms with Crippen LogP contribution in [0.2, 0.25) is 0 Å². The summed E-state index contributed by atoms with van der Waals surface area (Å²) in [5.41, 5.74) is 0.482. The Balaban J connectivity index is 2.02. The van der Waals surface area contributed by atoms with Gasteiger partial charge in [-0.3, -0.25) is 10.1 Å². The summed E-state index contributed by atoms with van der Waals surface area (Å²) >= 11 is 18.1. The molecular formula is C16H21Cl3N2O2. The molecule has 4 nitrogen and oxygen atoms in total. The van der Waals surface area contributed by atoms with E-state index in [2.05, 4.69) is 10.6 Å². The minimum atomic E-state index is -1.63. The minimum absolute atomic E-state index is 0.251. The van der Waals surface area contributed by atoms with Gasteiger partial charge in [-0.1, -0.05) is 54.1 Å². The normalized spacial score (nSPS) is 17.6. The van der Waals surface area contributed by atoms with Gasteiger partial charge in [-0.2, -0.15) is 0 Å². The molecule has 7 heteroatoms. The second-order valence-electron chi connectivity index (χ2n) is 5.68. The predicted molar refractivity (Wildman–Crippen MR) is 94.5 cm³/mol. The summed E-state index contributed by atoms with van der Waals surface area (Å²) in [4.78, 5) is 12.4. The summed E-state index contributed by atoms with van der Waals surface area (Å²) in [6.45, 7) is 0. The molecule has 0 unspecified atom stereocenters. The van der Waals surface area contributed by atoms with Gasteiger partial charge in [0.15, 0.2) is 0 Å². The van der Waals surface area contributed by atoms with Crippen LogP contribution in [-0.2, 0) is 0 Å². The van der Waals surface area contributed by atoms with E-state index in [-0.39, 0.29) is 11.9 Å². The van der Waals surface area contributed by atoms with Crippen molar-refractivity contribution < 1.29 is 9.53 Å². The van der Waals surface area contributed by atoms with Crippen LogP contribution in [-0.4, -0.2) is 29.0 Å². The maximum Gasteiger partial charge on any atom is 0.252 e. The maximum atomic E-state index is 12.4. The second kappa shape index (κ2) is 8.43. The predicted octanol–water partition coefficient (Wildman–Crippen LogP) is 4.04. The average molecular weight is 380 g/mol. The molecular weight excluding hydrogens is 359 g/mol. The molecule has 1 aromatic rings. The number of rotatable bonds is 5. The van der Waals surface area contributed by atoms with E-state index < -0.39 is 9.96 Å². The molecule has 0 saturated heterocycles. The van der Waals surface area contributed by atoms with Crippen LogP contribution in [0.1, 0.15) is 42.5 Å². The highest BCUT2D eigenvalue weighted by Crippen LogP contribution is 2.31. The lowest BCUT2D eigenvalue weighted by Gasteiger charge is -2.32. The number of benzene rings is 1. The Morgan fingerprint density at radius 3 is 2.30 bits per heavy atom. The summed E-state index contributed by atoms with van der Waals surface area (Å²) in [5.74, 6) is 0.382. The zero-order valence-electron chi connectivity index (χ0n) is 13.0. The van der Waals surface area contributed by atoms with E-state index in [1.165, 1.54) is 6.42 Å². The van der Waals surface area contributed by atoms with Gasteiger partial charge in [0.25, 0.3) is 5.91 Å². The van der Waals surface area contributed by atoms with Gasteiger partial charge in [0.05, 0.1) is 7.11 Å². The van der Waals surface area contributed by atoms with Crippen LogP contribution >= 0.6 is 34.8 Å². The number of nitrogens with one attached hydrogen (secondary N) is 2. The zero-order valence-corrected chi connectivity index (χ0v) is 15.2. The van der Waals surface area contributed by atoms with Gasteiger partial charge in [0.2, 0.25) is 3.79 Å². The average Bonchev–Trinajstić information content (AvgIpc) is 2.54. The SMILES string of the molecule is COc1ccc(C(=O)N[C@H](NC2CCCCC2)C(Cl)(Cl)Cl)cc1. The quantitative estimate of drug-likeness (QED) is 0.599. The zero-order chi connectivity index (χ0) is 16.9. The lowest BCUT2D eigenvalue weighted by Crippen LogP contribution is -2.56. The summed E-state index contributed by atoms with van der Waals surface area (Å²) in [6, 6.07) is 7.02. The Kier molecular flexibility index (Phi) is 6.84. The summed E-state index contributed by atoms with van der Waals surface area (Å²) < 4.78 is 3.45. The Labute approximate surface area is 151 Å². The Bertz CT molecular complexity index is 511. The number of carbonyl (C=O) groups is 1. The van der Waals surface area contributed by atoms with Crippen molar-refractivity contribution in [1.29, 1.82) is 0 Å². The standard InChI is InChI=1S/C16H21Cl3N2O2/c1-23-13-9-7-11(8-10-13)14(22)21-15(16(17,18)19)20-12-5-3-2-4-6-12/h7-10,12,15,20H,2-6H2,1H3,(H,21,22)/t15-/m0/s1. The van der Waals surface area contributed by atoms with Crippen LogP contribution in [0.25, 0.3) is 0 Å². The molecule has 0 bridgehead atoms. The van der Waals surface area contributed by atoms with Crippen LogP contribution in [0.3, 0.4) is 0 Å². The summed E-state index contributed by atoms with van der Waals surface area (Å²) in [6.07, 6.45) is 4.83. The van der Waals surface area contributed by atoms with Crippen molar-refractivity contribution in [2.75, 3.05) is 7.11 Å². The van der Waals surface area contributed by atoms with Crippen molar-refractivity contribution in [2.45, 2.75) is 48.1 Å². The summed E-state index contributed by atoms with van der Waals surface area (Å²) in [5, 5.41) is 6.04. The first kappa shape index (κ1) is 18.7. The molecule has 0 radical (unpaired) electrons. The summed E-state index contributed by atoms with van der Waals surface area (Å²) in [7, 11) is 1.57. The molecule has 0 spiro atoms. The van der Waals surface area contributed by atoms with Crippen molar-refractivity contribution in [2.24, 2.45) is 0 Å². The van der Waals surface area contributed by atoms with Crippen LogP contribution in [0.4, 0.5) is 0 Å². The molecule has 23 heavy (non-hydrogen) atoms. The van der Waals surface area contributed by atoms with E-state index in [1.807, 2.05) is 0 Å². The van der Waals surface area contributed by atoms with Crippen LogP contribution < -0.4 is 15.4 Å². The highest BCUT2D eigenvalue weighted by Gasteiger charge is 2.35. The van der Waals surface area contributed by atoms with Crippen LogP contribution in [0.5, 0.6) is 5.75 Å². The number of ether oxygens (including phenoxy) is 1. The molecule has 2 N–H and O–H groups in total. The van der Waals surface area contributed by atoms with Gasteiger partial charge in [-0.15, -0.1) is 0 Å². The topological polar surface area (TPSA) is 50.4 Å². The number of hydrogen-bond donors (Lipinski definition) is 2. The fourth-order valence-corrected chi connectivity index (χ4v) is 3.03. The number of alkyl halides is 3. The molecule has 0 heterocycles. The number of amides is 1. The molecule has 1 aliphatic carbocycles. The molecule has 1 aromatic carbocycles. The Morgan fingerprint density at radius 1 is 1.17 bits per heavy atom. The first-order valence-corrected chi connectivity index (χ1v) is 8.81. The van der Waals surface area contributed by atoms with Gasteiger partial charge >= 0.3 is 0 Å². The van der Waals surface area contributed by atoms with Crippen molar-refractivity contribution >= 4 is 40.7 Å². The van der Waals surface area contributed by atoms with Gasteiger partial charge < -0.3 is 10.1 Å². The van der Waals surface area contributed by atoms with Gasteiger partial charge in [-0.05, 0) is 37.1 Å². The van der Waals surface area contributed by atoms with Gasteiger partial charge in [0, 0.05) is 11.6 Å². The van der Waals surface area contributed by atoms with E-state index in [0.717, 1.165) is 25.7 Å². The van der Waals surface area contributed by atoms with Crippen LogP contribution in [0.15, 0.2) is 24.3 Å². The number of hydrogen-bond acceptors (Lipinski definition) is 3. The van der Waals surface area contributed by atoms with Gasteiger partial charge in [0.1, 0.15) is 11.9 Å². The first-order valence-electron chi connectivity index (χ1n) is 7.68. The highest BCUT2D eigenvalue weighted by molar-refractivity contribution is 6.68. The molecule has 128 valence electrons. The van der Waals surface area contributed by atoms with Crippen LogP contribution in [0, 0.1) is 0 Å². The molecule has 1 atom stereocenters. The van der Waals surface area contributed by atoms with E-state index in [0.29, 0.717) is 11.3 Å². The number of carbonyl (C=O) groups excluding carboxylic acids is 1. The fraction of sp³-hybridized carbons (Fsp3) is 0.562. The highest BCUT2D eigenvalue weighted by atomic mass is 35.6. The fourth-order valence-electron chi connectivity index (χ4n) is 2.68. The van der Waals surface area contributed by atoms with Crippen molar-refractivity contribution in [3.8, 4) is 5.75 Å². The lowest BCUT2D eigenvalue weighted by molar-refractivity contribution is 0.0924. The van der Waals surface area contributed by atoms with Crippen molar-refractivity contribution in [1.82, 2.24) is 10.6 Å². The molecule has 1 amide bonds. The van der Waals surface area contributed by atoms with E-state index in [9.17, 15) is 4.79 Å². The molecule has 2 rings (SSSR count). The number of methoxy groups -OCH3 is 1.